The van der Waals surface area contributed by atoms with Crippen molar-refractivity contribution in [3.8, 4) is 5.75 Å². The third-order valence-electron chi connectivity index (χ3n) is 2.10. The Bertz CT molecular complexity index is 369. The monoisotopic (exact) mass is 223 g/mol. The van der Waals surface area contributed by atoms with Gasteiger partial charge in [-0.2, -0.15) is 0 Å². The van der Waals surface area contributed by atoms with Gasteiger partial charge in [0.05, 0.1) is 26.7 Å². The molecule has 0 aliphatic rings. The van der Waals surface area contributed by atoms with Gasteiger partial charge in [-0.25, -0.2) is 4.79 Å². The van der Waals surface area contributed by atoms with Crippen LogP contribution >= 0.6 is 0 Å². The lowest BCUT2D eigenvalue weighted by atomic mass is 10.2. The van der Waals surface area contributed by atoms with Gasteiger partial charge in [-0.1, -0.05) is 23.9 Å². The fraction of sp³-hybridized carbons (Fsp3) is 0.417. The molecule has 0 aliphatic heterocycles. The van der Waals surface area contributed by atoms with Crippen LogP contribution in [0.4, 0.5) is 0 Å². The molecule has 88 valence electrons. The minimum absolute atomic E-state index is 0.101. The number of esters is 1. The van der Waals surface area contributed by atoms with Crippen molar-refractivity contribution >= 4 is 5.97 Å². The van der Waals surface area contributed by atoms with Crippen LogP contribution in [0.1, 0.15) is 10.4 Å². The molecular formula is C12H17NO3. The molecule has 0 aromatic heterocycles. The molecule has 0 saturated heterocycles. The van der Waals surface area contributed by atoms with Crippen molar-refractivity contribution in [3.05, 3.63) is 29.8 Å². The fourth-order valence-electron chi connectivity index (χ4n) is 1.13. The maximum absolute atomic E-state index is 11.5. The highest BCUT2D eigenvalue weighted by Gasteiger charge is 2.11. The van der Waals surface area contributed by atoms with Crippen LogP contribution in [-0.4, -0.2) is 44.7 Å². The molecule has 4 nitrogen and oxygen atoms in total. The molecule has 0 fully saturated rings. The van der Waals surface area contributed by atoms with Gasteiger partial charge >= 0.3 is 5.97 Å². The number of benzene rings is 1. The maximum atomic E-state index is 11.5. The van der Waals surface area contributed by atoms with Crippen LogP contribution in [0.2, 0.25) is 0 Å². The number of likely N-dealkylation sites (N-methyl/N-ethyl adjacent to an activating group) is 1. The van der Waals surface area contributed by atoms with E-state index in [1.165, 1.54) is 12.1 Å². The number of rotatable bonds is 4. The second-order valence-corrected chi connectivity index (χ2v) is 4.65. The number of quaternary nitrogens is 1. The Hall–Kier alpha value is -1.55. The van der Waals surface area contributed by atoms with Crippen molar-refractivity contribution in [3.63, 3.8) is 0 Å². The zero-order valence-electron chi connectivity index (χ0n) is 9.90. The predicted octanol–water partition coefficient (Wildman–Crippen LogP) is 0.623. The molecule has 1 rings (SSSR count). The topological polar surface area (TPSA) is 49.4 Å². The van der Waals surface area contributed by atoms with Gasteiger partial charge in [-0.15, -0.1) is 0 Å². The number of carbonyl (C=O) groups excluding carboxylic acids is 1. The van der Waals surface area contributed by atoms with Crippen molar-refractivity contribution in [2.75, 3.05) is 34.3 Å². The zero-order valence-corrected chi connectivity index (χ0v) is 9.90. The summed E-state index contributed by atoms with van der Waals surface area (Å²) in [6.45, 7) is 1.03. The number of nitrogens with zero attached hydrogens (tertiary/aromatic N) is 1. The molecule has 0 heterocycles. The van der Waals surface area contributed by atoms with E-state index in [4.69, 9.17) is 4.74 Å². The lowest BCUT2D eigenvalue weighted by Gasteiger charge is -2.23. The first-order chi connectivity index (χ1) is 7.40. The van der Waals surface area contributed by atoms with E-state index < -0.39 is 5.97 Å². The molecule has 0 aliphatic carbocycles. The van der Waals surface area contributed by atoms with E-state index >= 15 is 0 Å². The summed E-state index contributed by atoms with van der Waals surface area (Å²) in [5, 5.41) is 11.3. The maximum Gasteiger partial charge on any atom is 0.337 e. The van der Waals surface area contributed by atoms with Crippen molar-refractivity contribution in [1.29, 1.82) is 0 Å². The first-order valence-corrected chi connectivity index (χ1v) is 5.14. The van der Waals surface area contributed by atoms with Gasteiger partial charge in [0, 0.05) is 0 Å². The number of para-hydroxylation sites is 1. The van der Waals surface area contributed by atoms with Crippen molar-refractivity contribution < 1.29 is 19.1 Å². The first kappa shape index (κ1) is 12.5. The molecule has 0 N–H and O–H groups in total. The summed E-state index contributed by atoms with van der Waals surface area (Å²) in [5.41, 5.74) is 0.101. The summed E-state index contributed by atoms with van der Waals surface area (Å²) in [4.78, 5) is 11.5. The van der Waals surface area contributed by atoms with E-state index in [1.54, 1.807) is 12.1 Å². The van der Waals surface area contributed by atoms with Crippen molar-refractivity contribution in [2.24, 2.45) is 0 Å². The zero-order chi connectivity index (χ0) is 12.2. The molecule has 0 atom stereocenters. The minimum atomic E-state index is -0.543. The van der Waals surface area contributed by atoms with Crippen LogP contribution in [0.25, 0.3) is 0 Å². The molecule has 0 amide bonds. The molecule has 1 aromatic carbocycles. The Labute approximate surface area is 95.7 Å². The Morgan fingerprint density at radius 2 is 1.94 bits per heavy atom. The van der Waals surface area contributed by atoms with Gasteiger partial charge in [-0.3, -0.25) is 0 Å². The van der Waals surface area contributed by atoms with E-state index in [0.717, 1.165) is 0 Å². The molecule has 4 heteroatoms. The Balaban J connectivity index is 2.51. The SMILES string of the molecule is C[N+](C)(C)CCOC(=O)c1ccccc1[O-]. The van der Waals surface area contributed by atoms with Gasteiger partial charge < -0.3 is 14.3 Å². The average molecular weight is 223 g/mol. The highest BCUT2D eigenvalue weighted by molar-refractivity contribution is 5.92. The number of hydrogen-bond donors (Lipinski definition) is 0. The largest absolute Gasteiger partial charge is 0.872 e. The highest BCUT2D eigenvalue weighted by atomic mass is 16.5. The Morgan fingerprint density at radius 3 is 2.50 bits per heavy atom. The van der Waals surface area contributed by atoms with Gasteiger partial charge in [0.1, 0.15) is 13.2 Å². The predicted molar refractivity (Wildman–Crippen MR) is 59.1 cm³/mol. The summed E-state index contributed by atoms with van der Waals surface area (Å²) >= 11 is 0. The summed E-state index contributed by atoms with van der Waals surface area (Å²) in [6, 6.07) is 6.09. The van der Waals surface area contributed by atoms with Crippen LogP contribution in [-0.2, 0) is 4.74 Å². The van der Waals surface area contributed by atoms with E-state index in [9.17, 15) is 9.90 Å². The average Bonchev–Trinajstić information content (AvgIpc) is 2.16. The summed E-state index contributed by atoms with van der Waals surface area (Å²) in [5.74, 6) is -0.836. The molecule has 16 heavy (non-hydrogen) atoms. The van der Waals surface area contributed by atoms with Crippen LogP contribution in [0.5, 0.6) is 5.75 Å². The molecule has 0 bridgehead atoms. The van der Waals surface area contributed by atoms with Gasteiger partial charge in [0.2, 0.25) is 0 Å². The smallest absolute Gasteiger partial charge is 0.337 e. The van der Waals surface area contributed by atoms with E-state index in [1.807, 2.05) is 21.1 Å². The van der Waals surface area contributed by atoms with Crippen LogP contribution < -0.4 is 5.11 Å². The van der Waals surface area contributed by atoms with Gasteiger partial charge in [0.25, 0.3) is 0 Å². The first-order valence-electron chi connectivity index (χ1n) is 5.14. The third kappa shape index (κ3) is 3.90. The van der Waals surface area contributed by atoms with Crippen LogP contribution in [0.3, 0.4) is 0 Å². The second kappa shape index (κ2) is 4.99. The summed E-state index contributed by atoms with van der Waals surface area (Å²) in [7, 11) is 6.03. The van der Waals surface area contributed by atoms with Gasteiger partial charge in [0.15, 0.2) is 0 Å². The third-order valence-corrected chi connectivity index (χ3v) is 2.10. The molecule has 0 saturated carbocycles. The summed E-state index contributed by atoms with van der Waals surface area (Å²) < 4.78 is 5.74. The second-order valence-electron chi connectivity index (χ2n) is 4.65. The molecular weight excluding hydrogens is 206 g/mol. The molecule has 0 unspecified atom stereocenters. The normalized spacial score (nSPS) is 11.2. The minimum Gasteiger partial charge on any atom is -0.872 e. The fourth-order valence-corrected chi connectivity index (χ4v) is 1.13. The highest BCUT2D eigenvalue weighted by Crippen LogP contribution is 2.13. The van der Waals surface area contributed by atoms with Crippen molar-refractivity contribution in [1.82, 2.24) is 0 Å². The van der Waals surface area contributed by atoms with Crippen molar-refractivity contribution in [2.45, 2.75) is 0 Å². The van der Waals surface area contributed by atoms with Crippen LogP contribution in [0, 0.1) is 0 Å². The quantitative estimate of drug-likeness (QED) is 0.555. The lowest BCUT2D eigenvalue weighted by molar-refractivity contribution is -0.870. The van der Waals surface area contributed by atoms with E-state index in [0.29, 0.717) is 17.6 Å². The molecule has 1 aromatic rings. The number of carbonyl (C=O) groups is 1. The van der Waals surface area contributed by atoms with E-state index in [-0.39, 0.29) is 11.3 Å². The molecule has 0 radical (unpaired) electrons. The lowest BCUT2D eigenvalue weighted by Crippen LogP contribution is -2.38. The Morgan fingerprint density at radius 1 is 1.31 bits per heavy atom. The van der Waals surface area contributed by atoms with E-state index in [2.05, 4.69) is 0 Å². The standard InChI is InChI=1S/C12H17NO3/c1-13(2,3)8-9-16-12(15)10-6-4-5-7-11(10)14/h4-7H,8-9H2,1-3H3. The number of hydrogen-bond acceptors (Lipinski definition) is 3. The van der Waals surface area contributed by atoms with Crippen LogP contribution in [0.15, 0.2) is 24.3 Å². The summed E-state index contributed by atoms with van der Waals surface area (Å²) in [6.07, 6.45) is 0. The van der Waals surface area contributed by atoms with Gasteiger partial charge in [-0.05, 0) is 6.07 Å². The molecule has 0 spiro atoms. The Kier molecular flexibility index (Phi) is 3.90. The number of ether oxygens (including phenoxy) is 1.